The van der Waals surface area contributed by atoms with Crippen molar-refractivity contribution in [3.63, 3.8) is 0 Å². The number of hydrogen-bond acceptors (Lipinski definition) is 7. The van der Waals surface area contributed by atoms with Crippen LogP contribution in [0.15, 0.2) is 58.0 Å². The average molecular weight is 541 g/mol. The Morgan fingerprint density at radius 1 is 1.03 bits per heavy atom. The molecular formula is C17H12BrF3N2O6S2. The zero-order chi connectivity index (χ0) is 23.0. The highest BCUT2D eigenvalue weighted by molar-refractivity contribution is 9.10. The third-order valence-corrected chi connectivity index (χ3v) is 6.68. The van der Waals surface area contributed by atoms with Gasteiger partial charge in [0.05, 0.1) is 24.5 Å². The minimum Gasteiger partial charge on any atom is -0.495 e. The van der Waals surface area contributed by atoms with E-state index in [2.05, 4.69) is 29.8 Å². The Labute approximate surface area is 183 Å². The summed E-state index contributed by atoms with van der Waals surface area (Å²) in [4.78, 5) is 3.84. The summed E-state index contributed by atoms with van der Waals surface area (Å²) in [6, 6.07) is 8.83. The van der Waals surface area contributed by atoms with Gasteiger partial charge in [-0.15, -0.1) is 0 Å². The second-order valence-corrected chi connectivity index (χ2v) is 10.1. The van der Waals surface area contributed by atoms with Gasteiger partial charge in [-0.2, -0.15) is 21.6 Å². The average Bonchev–Trinajstić information content (AvgIpc) is 2.66. The van der Waals surface area contributed by atoms with Crippen molar-refractivity contribution >= 4 is 52.7 Å². The third kappa shape index (κ3) is 5.02. The standard InChI is InChI=1S/C17H12BrF3N2O6S2/c1-28-15-5-2-11(18)8-16(15)30(24,25)23-12-6-10-7-13(3-4-14(10)22-9-12)29-31(26,27)17(19,20)21/h2-9,23H,1H3. The van der Waals surface area contributed by atoms with Crippen LogP contribution in [0.25, 0.3) is 10.9 Å². The molecule has 0 amide bonds. The molecule has 3 rings (SSSR count). The first-order valence-corrected chi connectivity index (χ1v) is 11.8. The van der Waals surface area contributed by atoms with Gasteiger partial charge in [0, 0.05) is 9.86 Å². The summed E-state index contributed by atoms with van der Waals surface area (Å²) >= 11 is 3.18. The first-order chi connectivity index (χ1) is 14.3. The summed E-state index contributed by atoms with van der Waals surface area (Å²) in [6.07, 6.45) is 1.19. The molecule has 0 bridgehead atoms. The highest BCUT2D eigenvalue weighted by atomic mass is 79.9. The minimum atomic E-state index is -5.86. The van der Waals surface area contributed by atoms with Crippen molar-refractivity contribution in [3.8, 4) is 11.5 Å². The second kappa shape index (κ2) is 8.16. The summed E-state index contributed by atoms with van der Waals surface area (Å²) in [7, 11) is -8.68. The monoisotopic (exact) mass is 540 g/mol. The number of hydrogen-bond donors (Lipinski definition) is 1. The van der Waals surface area contributed by atoms with Crippen LogP contribution in [0.4, 0.5) is 18.9 Å². The van der Waals surface area contributed by atoms with Crippen molar-refractivity contribution < 1.29 is 38.9 Å². The number of aromatic nitrogens is 1. The van der Waals surface area contributed by atoms with Gasteiger partial charge in [-0.05, 0) is 42.5 Å². The van der Waals surface area contributed by atoms with Crippen molar-refractivity contribution in [2.24, 2.45) is 0 Å². The predicted molar refractivity (Wildman–Crippen MR) is 109 cm³/mol. The van der Waals surface area contributed by atoms with E-state index in [1.54, 1.807) is 6.07 Å². The summed E-state index contributed by atoms with van der Waals surface area (Å²) in [5.41, 5.74) is -5.36. The van der Waals surface area contributed by atoms with Gasteiger partial charge in [-0.25, -0.2) is 8.42 Å². The Morgan fingerprint density at radius 2 is 1.74 bits per heavy atom. The van der Waals surface area contributed by atoms with E-state index in [0.29, 0.717) is 4.47 Å². The molecule has 3 aromatic rings. The molecule has 166 valence electrons. The van der Waals surface area contributed by atoms with E-state index in [0.717, 1.165) is 12.1 Å². The van der Waals surface area contributed by atoms with Crippen molar-refractivity contribution in [1.29, 1.82) is 0 Å². The molecule has 0 spiro atoms. The Balaban J connectivity index is 1.96. The summed E-state index contributed by atoms with van der Waals surface area (Å²) < 4.78 is 97.4. The predicted octanol–water partition coefficient (Wildman–Crippen LogP) is 4.04. The third-order valence-electron chi connectivity index (χ3n) is 3.81. The quantitative estimate of drug-likeness (QED) is 0.371. The lowest BCUT2D eigenvalue weighted by atomic mass is 10.2. The fraction of sp³-hybridized carbons (Fsp3) is 0.118. The molecule has 1 heterocycles. The number of nitrogens with one attached hydrogen (secondary N) is 1. The van der Waals surface area contributed by atoms with E-state index >= 15 is 0 Å². The van der Waals surface area contributed by atoms with Crippen LogP contribution < -0.4 is 13.6 Å². The molecule has 0 unspecified atom stereocenters. The van der Waals surface area contributed by atoms with Crippen molar-refractivity contribution in [2.75, 3.05) is 11.8 Å². The molecule has 0 aliphatic carbocycles. The lowest BCUT2D eigenvalue weighted by Gasteiger charge is -2.13. The van der Waals surface area contributed by atoms with Crippen molar-refractivity contribution in [1.82, 2.24) is 4.98 Å². The summed E-state index contributed by atoms with van der Waals surface area (Å²) in [5.74, 6) is -0.530. The van der Waals surface area contributed by atoms with Crippen LogP contribution in [0, 0.1) is 0 Å². The maximum absolute atomic E-state index is 12.8. The second-order valence-electron chi connectivity index (χ2n) is 5.96. The van der Waals surface area contributed by atoms with Crippen molar-refractivity contribution in [3.05, 3.63) is 53.1 Å². The Kier molecular flexibility index (Phi) is 6.08. The molecule has 0 saturated heterocycles. The van der Waals surface area contributed by atoms with Gasteiger partial charge in [-0.1, -0.05) is 15.9 Å². The molecule has 1 aromatic heterocycles. The fourth-order valence-corrected chi connectivity index (χ4v) is 4.66. The van der Waals surface area contributed by atoms with E-state index < -0.39 is 31.4 Å². The molecule has 0 aliphatic rings. The highest BCUT2D eigenvalue weighted by Crippen LogP contribution is 2.31. The SMILES string of the molecule is COc1ccc(Br)cc1S(=O)(=O)Nc1cnc2ccc(OS(=O)(=O)C(F)(F)F)cc2c1. The lowest BCUT2D eigenvalue weighted by Crippen LogP contribution is -2.28. The van der Waals surface area contributed by atoms with E-state index in [4.69, 9.17) is 4.74 Å². The van der Waals surface area contributed by atoms with Crippen LogP contribution in [0.1, 0.15) is 0 Å². The van der Waals surface area contributed by atoms with Gasteiger partial charge in [0.15, 0.2) is 0 Å². The Bertz CT molecular complexity index is 1360. The maximum Gasteiger partial charge on any atom is 0.534 e. The van der Waals surface area contributed by atoms with Crippen LogP contribution in [-0.2, 0) is 20.1 Å². The normalized spacial score (nSPS) is 12.5. The zero-order valence-corrected chi connectivity index (χ0v) is 18.6. The maximum atomic E-state index is 12.8. The van der Waals surface area contributed by atoms with Gasteiger partial charge in [0.25, 0.3) is 10.0 Å². The Hall–Kier alpha value is -2.58. The molecule has 31 heavy (non-hydrogen) atoms. The summed E-state index contributed by atoms with van der Waals surface area (Å²) in [6.45, 7) is 0. The van der Waals surface area contributed by atoms with E-state index in [9.17, 15) is 30.0 Å². The fourth-order valence-electron chi connectivity index (χ4n) is 2.46. The molecule has 0 radical (unpaired) electrons. The van der Waals surface area contributed by atoms with Gasteiger partial charge in [0.1, 0.15) is 16.4 Å². The minimum absolute atomic E-state index is 0.0228. The molecule has 0 fully saturated rings. The van der Waals surface area contributed by atoms with Gasteiger partial charge in [-0.3, -0.25) is 9.71 Å². The van der Waals surface area contributed by atoms with Crippen LogP contribution in [0.5, 0.6) is 11.5 Å². The number of methoxy groups -OCH3 is 1. The number of sulfonamides is 1. The number of alkyl halides is 3. The van der Waals surface area contributed by atoms with E-state index in [1.165, 1.54) is 37.6 Å². The molecule has 14 heteroatoms. The first kappa shape index (κ1) is 23.1. The zero-order valence-electron chi connectivity index (χ0n) is 15.3. The number of fused-ring (bicyclic) bond motifs is 1. The number of anilines is 1. The van der Waals surface area contributed by atoms with Crippen LogP contribution >= 0.6 is 15.9 Å². The largest absolute Gasteiger partial charge is 0.534 e. The number of halogens is 4. The number of rotatable bonds is 6. The molecular weight excluding hydrogens is 529 g/mol. The molecule has 0 atom stereocenters. The smallest absolute Gasteiger partial charge is 0.495 e. The number of benzene rings is 2. The highest BCUT2D eigenvalue weighted by Gasteiger charge is 2.48. The van der Waals surface area contributed by atoms with Crippen LogP contribution in [0.3, 0.4) is 0 Å². The molecule has 2 aromatic carbocycles. The summed E-state index contributed by atoms with van der Waals surface area (Å²) in [5, 5.41) is 0.135. The number of pyridine rings is 1. The van der Waals surface area contributed by atoms with Gasteiger partial charge >= 0.3 is 15.6 Å². The van der Waals surface area contributed by atoms with Gasteiger partial charge < -0.3 is 8.92 Å². The van der Waals surface area contributed by atoms with Crippen molar-refractivity contribution in [2.45, 2.75) is 10.4 Å². The number of ether oxygens (including phenoxy) is 1. The molecule has 8 nitrogen and oxygen atoms in total. The van der Waals surface area contributed by atoms with E-state index in [-0.39, 0.29) is 27.2 Å². The van der Waals surface area contributed by atoms with Gasteiger partial charge in [0.2, 0.25) is 0 Å². The van der Waals surface area contributed by atoms with Crippen LogP contribution in [-0.4, -0.2) is 34.4 Å². The van der Waals surface area contributed by atoms with Crippen LogP contribution in [0.2, 0.25) is 0 Å². The Morgan fingerprint density at radius 3 is 2.39 bits per heavy atom. The topological polar surface area (TPSA) is 112 Å². The molecule has 0 saturated carbocycles. The molecule has 1 N–H and O–H groups in total. The molecule has 0 aliphatic heterocycles. The van der Waals surface area contributed by atoms with E-state index in [1.807, 2.05) is 0 Å². The lowest BCUT2D eigenvalue weighted by molar-refractivity contribution is -0.0500. The first-order valence-electron chi connectivity index (χ1n) is 8.09. The number of nitrogens with zero attached hydrogens (tertiary/aromatic N) is 1.